The molecule has 1 aliphatic carbocycles. The first-order valence-corrected chi connectivity index (χ1v) is 20.5. The van der Waals surface area contributed by atoms with E-state index in [-0.39, 0.29) is 5.41 Å². The molecule has 0 spiro atoms. The number of rotatable bonds is 2. The number of thiophene rings is 1. The highest BCUT2D eigenvalue weighted by Gasteiger charge is 2.40. The minimum atomic E-state index is -0.296. The lowest BCUT2D eigenvalue weighted by atomic mass is 9.81. The molecule has 0 unspecified atom stereocenters. The van der Waals surface area contributed by atoms with Crippen LogP contribution in [0, 0.1) is 0 Å². The van der Waals surface area contributed by atoms with Gasteiger partial charge >= 0.3 is 0 Å². The molecule has 0 amide bonds. The zero-order valence-corrected chi connectivity index (χ0v) is 32.2. The molecule has 3 nitrogen and oxygen atoms in total. The van der Waals surface area contributed by atoms with Gasteiger partial charge in [0.05, 0.1) is 22.4 Å². The predicted octanol–water partition coefficient (Wildman–Crippen LogP) is 14.5. The number of nitrogens with zero attached hydrogens (tertiary/aromatic N) is 3. The number of aromatic nitrogens is 3. The van der Waals surface area contributed by atoms with Crippen molar-refractivity contribution in [3.05, 3.63) is 175 Å². The molecule has 0 radical (unpaired) electrons. The molecule has 0 N–H and O–H groups in total. The summed E-state index contributed by atoms with van der Waals surface area (Å²) in [5.41, 5.74) is 8.69. The number of hydrogen-bond acceptors (Lipinski definition) is 3. The maximum Gasteiger partial charge on any atom is 0.235 e. The van der Waals surface area contributed by atoms with Crippen LogP contribution >= 0.6 is 11.3 Å². The second kappa shape index (κ2) is 11.1. The molecule has 266 valence electrons. The summed E-state index contributed by atoms with van der Waals surface area (Å²) in [6.07, 6.45) is 0. The fourth-order valence-corrected chi connectivity index (χ4v) is 11.3. The molecule has 57 heavy (non-hydrogen) atoms. The van der Waals surface area contributed by atoms with Crippen LogP contribution in [0.5, 0.6) is 0 Å². The highest BCUT2D eigenvalue weighted by atomic mass is 32.1. The van der Waals surface area contributed by atoms with Gasteiger partial charge in [-0.25, -0.2) is 9.97 Å². The van der Waals surface area contributed by atoms with Gasteiger partial charge in [0.1, 0.15) is 0 Å². The lowest BCUT2D eigenvalue weighted by Crippen LogP contribution is -2.18. The van der Waals surface area contributed by atoms with E-state index in [2.05, 4.69) is 182 Å². The van der Waals surface area contributed by atoms with E-state index in [1.165, 1.54) is 90.7 Å². The van der Waals surface area contributed by atoms with Crippen LogP contribution < -0.4 is 0 Å². The molecule has 0 fully saturated rings. The molecule has 3 heterocycles. The molecule has 13 rings (SSSR count). The Bertz CT molecular complexity index is 3700. The largest absolute Gasteiger partial charge is 0.277 e. The van der Waals surface area contributed by atoms with Gasteiger partial charge in [-0.2, -0.15) is 0 Å². The van der Waals surface area contributed by atoms with Gasteiger partial charge in [-0.1, -0.05) is 153 Å². The van der Waals surface area contributed by atoms with E-state index < -0.39 is 0 Å². The molecule has 4 heteroatoms. The fraction of sp³-hybridized carbons (Fsp3) is 0.0566. The third kappa shape index (κ3) is 4.10. The average molecular weight is 744 g/mol. The Morgan fingerprint density at radius 1 is 0.474 bits per heavy atom. The molecular formula is C53H33N3S. The van der Waals surface area contributed by atoms with Crippen molar-refractivity contribution in [3.8, 4) is 28.5 Å². The Kier molecular flexibility index (Phi) is 6.12. The van der Waals surface area contributed by atoms with Crippen molar-refractivity contribution in [2.24, 2.45) is 0 Å². The van der Waals surface area contributed by atoms with Crippen LogP contribution in [0.25, 0.3) is 114 Å². The van der Waals surface area contributed by atoms with Crippen molar-refractivity contribution in [2.75, 3.05) is 0 Å². The summed E-state index contributed by atoms with van der Waals surface area (Å²) in [6, 6.07) is 60.2. The summed E-state index contributed by atoms with van der Waals surface area (Å²) in [5.74, 6) is 0.687. The van der Waals surface area contributed by atoms with E-state index in [4.69, 9.17) is 9.97 Å². The van der Waals surface area contributed by atoms with Crippen molar-refractivity contribution in [1.29, 1.82) is 0 Å². The van der Waals surface area contributed by atoms with Crippen LogP contribution in [-0.4, -0.2) is 14.5 Å². The van der Waals surface area contributed by atoms with Crippen molar-refractivity contribution in [2.45, 2.75) is 19.3 Å². The normalized spacial score (nSPS) is 13.6. The van der Waals surface area contributed by atoms with Gasteiger partial charge in [-0.05, 0) is 62.1 Å². The summed E-state index contributed by atoms with van der Waals surface area (Å²) in [7, 11) is 0. The van der Waals surface area contributed by atoms with Gasteiger partial charge in [-0.3, -0.25) is 4.57 Å². The van der Waals surface area contributed by atoms with Crippen molar-refractivity contribution in [3.63, 3.8) is 0 Å². The minimum absolute atomic E-state index is 0.296. The first-order valence-electron chi connectivity index (χ1n) is 19.7. The number of benzene rings is 9. The van der Waals surface area contributed by atoms with E-state index in [9.17, 15) is 0 Å². The Balaban J connectivity index is 1.22. The molecule has 0 bridgehead atoms. The van der Waals surface area contributed by atoms with E-state index in [1.54, 1.807) is 0 Å². The highest BCUT2D eigenvalue weighted by Crippen LogP contribution is 2.52. The van der Waals surface area contributed by atoms with E-state index in [1.807, 2.05) is 11.3 Å². The van der Waals surface area contributed by atoms with E-state index in [0.29, 0.717) is 5.95 Å². The SMILES string of the molecule is CC1(C)c2ccccc2-c2nc(-n3c4ccc5c6ccccc6c6ccccc6c5c4c4ccc5ccccc5c43)nc(-c3ccc4sc5ccccc5c4c3)c21. The summed E-state index contributed by atoms with van der Waals surface area (Å²) in [6.45, 7) is 4.66. The Morgan fingerprint density at radius 3 is 1.91 bits per heavy atom. The quantitative estimate of drug-likeness (QED) is 0.165. The molecule has 9 aromatic carbocycles. The molecule has 0 saturated carbocycles. The number of fused-ring (bicyclic) bond motifs is 18. The standard InChI is InChI=1S/C53H33N3S/c1-53(2)42-21-11-9-20-39(42)50-48(53)49(31-24-28-45-41(29-31)36-18-10-12-22-44(36)57-45)54-52(55-50)56-43-27-26-38-35-17-6-5-15-33(35)34-16-7-8-19-37(34)46(38)47(43)40-25-23-30-13-3-4-14-32(30)51(40)56/h3-29H,1-2H3. The Hall–Kier alpha value is -6.88. The molecule has 0 saturated heterocycles. The van der Waals surface area contributed by atoms with Gasteiger partial charge in [0, 0.05) is 63.8 Å². The summed E-state index contributed by atoms with van der Waals surface area (Å²) >= 11 is 1.85. The van der Waals surface area contributed by atoms with Crippen molar-refractivity contribution < 1.29 is 0 Å². The monoisotopic (exact) mass is 743 g/mol. The Morgan fingerprint density at radius 2 is 1.09 bits per heavy atom. The lowest BCUT2D eigenvalue weighted by Gasteiger charge is -2.24. The zero-order valence-electron chi connectivity index (χ0n) is 31.3. The predicted molar refractivity (Wildman–Crippen MR) is 242 cm³/mol. The van der Waals surface area contributed by atoms with E-state index in [0.717, 1.165) is 28.0 Å². The van der Waals surface area contributed by atoms with Crippen LogP contribution in [0.1, 0.15) is 25.0 Å². The first-order chi connectivity index (χ1) is 28.0. The maximum absolute atomic E-state index is 5.76. The van der Waals surface area contributed by atoms with Gasteiger partial charge in [0.2, 0.25) is 5.95 Å². The first kappa shape index (κ1) is 31.3. The smallest absolute Gasteiger partial charge is 0.235 e. The highest BCUT2D eigenvalue weighted by molar-refractivity contribution is 7.25. The molecular weight excluding hydrogens is 711 g/mol. The topological polar surface area (TPSA) is 30.7 Å². The fourth-order valence-electron chi connectivity index (χ4n) is 10.3. The van der Waals surface area contributed by atoms with Crippen LogP contribution in [0.2, 0.25) is 0 Å². The third-order valence-electron chi connectivity index (χ3n) is 12.7. The summed E-state index contributed by atoms with van der Waals surface area (Å²) in [4.78, 5) is 11.4. The average Bonchev–Trinajstić information content (AvgIpc) is 3.89. The van der Waals surface area contributed by atoms with Gasteiger partial charge in [0.25, 0.3) is 0 Å². The second-order valence-corrected chi connectivity index (χ2v) is 17.2. The van der Waals surface area contributed by atoms with Crippen molar-refractivity contribution in [1.82, 2.24) is 14.5 Å². The molecule has 3 aromatic heterocycles. The maximum atomic E-state index is 5.76. The summed E-state index contributed by atoms with van der Waals surface area (Å²) < 4.78 is 4.96. The lowest BCUT2D eigenvalue weighted by molar-refractivity contribution is 0.657. The second-order valence-electron chi connectivity index (χ2n) is 16.1. The van der Waals surface area contributed by atoms with Gasteiger partial charge in [0.15, 0.2) is 0 Å². The molecule has 0 aliphatic heterocycles. The van der Waals surface area contributed by atoms with Gasteiger partial charge < -0.3 is 0 Å². The molecule has 1 aliphatic rings. The van der Waals surface area contributed by atoms with Crippen molar-refractivity contribution >= 4 is 96.4 Å². The minimum Gasteiger partial charge on any atom is -0.277 e. The molecule has 0 atom stereocenters. The summed E-state index contributed by atoms with van der Waals surface area (Å²) in [5, 5.41) is 14.9. The van der Waals surface area contributed by atoms with Gasteiger partial charge in [-0.15, -0.1) is 11.3 Å². The zero-order chi connectivity index (χ0) is 37.6. The van der Waals surface area contributed by atoms with E-state index >= 15 is 0 Å². The van der Waals surface area contributed by atoms with Crippen LogP contribution in [0.4, 0.5) is 0 Å². The third-order valence-corrected chi connectivity index (χ3v) is 13.9. The Labute approximate surface area is 332 Å². The van der Waals surface area contributed by atoms with Crippen LogP contribution in [0.3, 0.4) is 0 Å². The molecule has 12 aromatic rings. The van der Waals surface area contributed by atoms with Crippen LogP contribution in [0.15, 0.2) is 164 Å². The van der Waals surface area contributed by atoms with Crippen LogP contribution in [-0.2, 0) is 5.41 Å². The number of hydrogen-bond donors (Lipinski definition) is 0.